The van der Waals surface area contributed by atoms with Gasteiger partial charge in [-0.3, -0.25) is 9.58 Å². The van der Waals surface area contributed by atoms with Crippen LogP contribution in [0.2, 0.25) is 0 Å². The van der Waals surface area contributed by atoms with Gasteiger partial charge in [-0.1, -0.05) is 6.08 Å². The van der Waals surface area contributed by atoms with Crippen molar-refractivity contribution in [3.05, 3.63) is 24.0 Å². The number of carbonyl (C=O) groups excluding carboxylic acids is 1. The maximum Gasteiger partial charge on any atom is 0.411 e. The summed E-state index contributed by atoms with van der Waals surface area (Å²) in [5, 5.41) is 4.23. The minimum absolute atomic E-state index is 0.0220. The minimum Gasteiger partial charge on any atom is -0.444 e. The second kappa shape index (κ2) is 5.43. The highest BCUT2D eigenvalue weighted by molar-refractivity contribution is 5.74. The summed E-state index contributed by atoms with van der Waals surface area (Å²) in [7, 11) is 1.91. The summed E-state index contributed by atoms with van der Waals surface area (Å²) in [6.45, 7) is 6.72. The first-order valence-electron chi connectivity index (χ1n) is 7.62. The molecule has 2 aliphatic rings. The molecule has 0 radical (unpaired) electrons. The summed E-state index contributed by atoms with van der Waals surface area (Å²) in [6, 6.07) is -0.0497. The van der Waals surface area contributed by atoms with E-state index in [-0.39, 0.29) is 18.2 Å². The normalized spacial score (nSPS) is 24.9. The largest absolute Gasteiger partial charge is 0.444 e. The number of ether oxygens (including phenoxy) is 2. The Hall–Kier alpha value is -1.82. The van der Waals surface area contributed by atoms with Gasteiger partial charge in [-0.15, -0.1) is 0 Å². The first-order chi connectivity index (χ1) is 10.3. The van der Waals surface area contributed by atoms with Gasteiger partial charge < -0.3 is 9.47 Å². The third-order valence-electron chi connectivity index (χ3n) is 3.88. The molecule has 1 fully saturated rings. The lowest BCUT2D eigenvalue weighted by molar-refractivity contribution is -0.0510. The first-order valence-corrected chi connectivity index (χ1v) is 7.62. The number of aromatic nitrogens is 2. The quantitative estimate of drug-likeness (QED) is 0.798. The Labute approximate surface area is 130 Å². The molecule has 2 aliphatic heterocycles. The van der Waals surface area contributed by atoms with Crippen molar-refractivity contribution in [2.45, 2.75) is 44.9 Å². The van der Waals surface area contributed by atoms with Crippen molar-refractivity contribution in [3.63, 3.8) is 0 Å². The van der Waals surface area contributed by atoms with Crippen molar-refractivity contribution in [1.29, 1.82) is 0 Å². The summed E-state index contributed by atoms with van der Waals surface area (Å²) in [6.07, 6.45) is 6.49. The van der Waals surface area contributed by atoms with Gasteiger partial charge in [0.2, 0.25) is 0 Å². The Morgan fingerprint density at radius 3 is 2.77 bits per heavy atom. The number of hydrogen-bond acceptors (Lipinski definition) is 4. The van der Waals surface area contributed by atoms with E-state index in [4.69, 9.17) is 9.47 Å². The molecule has 1 saturated heterocycles. The zero-order valence-corrected chi connectivity index (χ0v) is 13.6. The van der Waals surface area contributed by atoms with Crippen LogP contribution >= 0.6 is 0 Å². The summed E-state index contributed by atoms with van der Waals surface area (Å²) >= 11 is 0. The molecule has 6 heteroatoms. The maximum atomic E-state index is 12.5. The van der Waals surface area contributed by atoms with Crippen LogP contribution in [0.4, 0.5) is 4.79 Å². The molecule has 2 bridgehead atoms. The molecule has 1 amide bonds. The Morgan fingerprint density at radius 2 is 2.18 bits per heavy atom. The van der Waals surface area contributed by atoms with E-state index in [9.17, 15) is 4.79 Å². The molecule has 22 heavy (non-hydrogen) atoms. The molecule has 0 aromatic carbocycles. The zero-order valence-electron chi connectivity index (χ0n) is 13.6. The van der Waals surface area contributed by atoms with Crippen molar-refractivity contribution >= 4 is 11.7 Å². The van der Waals surface area contributed by atoms with Crippen molar-refractivity contribution in [2.24, 2.45) is 7.05 Å². The van der Waals surface area contributed by atoms with E-state index >= 15 is 0 Å². The van der Waals surface area contributed by atoms with E-state index in [1.165, 1.54) is 5.57 Å². The summed E-state index contributed by atoms with van der Waals surface area (Å²) in [4.78, 5) is 14.3. The van der Waals surface area contributed by atoms with Gasteiger partial charge in [-0.25, -0.2) is 4.79 Å². The van der Waals surface area contributed by atoms with Gasteiger partial charge >= 0.3 is 6.09 Å². The summed E-state index contributed by atoms with van der Waals surface area (Å²) in [5.74, 6) is 0. The van der Waals surface area contributed by atoms with E-state index < -0.39 is 5.60 Å². The van der Waals surface area contributed by atoms with E-state index in [0.717, 1.165) is 12.0 Å². The molecule has 6 nitrogen and oxygen atoms in total. The number of morpholine rings is 1. The van der Waals surface area contributed by atoms with Gasteiger partial charge in [0.1, 0.15) is 5.60 Å². The van der Waals surface area contributed by atoms with Crippen LogP contribution in [0.25, 0.3) is 5.57 Å². The van der Waals surface area contributed by atoms with E-state index in [0.29, 0.717) is 13.2 Å². The molecule has 0 aliphatic carbocycles. The number of aryl methyl sites for hydroxylation is 1. The van der Waals surface area contributed by atoms with Gasteiger partial charge in [0.15, 0.2) is 0 Å². The van der Waals surface area contributed by atoms with E-state index in [1.807, 2.05) is 45.1 Å². The van der Waals surface area contributed by atoms with Gasteiger partial charge in [0.25, 0.3) is 0 Å². The lowest BCUT2D eigenvalue weighted by atomic mass is 9.91. The lowest BCUT2D eigenvalue weighted by Crippen LogP contribution is -2.57. The molecule has 3 heterocycles. The molecule has 1 aromatic rings. The van der Waals surface area contributed by atoms with Crippen LogP contribution in [0.15, 0.2) is 18.5 Å². The highest BCUT2D eigenvalue weighted by Crippen LogP contribution is 2.33. The molecule has 1 aromatic heterocycles. The molecule has 2 unspecified atom stereocenters. The van der Waals surface area contributed by atoms with Crippen molar-refractivity contribution in [3.8, 4) is 0 Å². The van der Waals surface area contributed by atoms with Crippen molar-refractivity contribution in [2.75, 3.05) is 13.2 Å². The third kappa shape index (κ3) is 3.02. The number of amides is 1. The van der Waals surface area contributed by atoms with Crippen LogP contribution in [0.5, 0.6) is 0 Å². The Bertz CT molecular complexity index is 600. The van der Waals surface area contributed by atoms with Gasteiger partial charge in [0, 0.05) is 18.8 Å². The van der Waals surface area contributed by atoms with Crippen molar-refractivity contribution in [1.82, 2.24) is 14.7 Å². The molecule has 120 valence electrons. The standard InChI is InChI=1S/C16H23N3O3/c1-16(2,3)22-15(20)19-13-5-11(6-14(19)10-21-9-13)12-7-17-18(4)8-12/h5,7-8,13-14H,6,9-10H2,1-4H3. The van der Waals surface area contributed by atoms with E-state index in [1.54, 1.807) is 4.68 Å². The highest BCUT2D eigenvalue weighted by atomic mass is 16.6. The maximum absolute atomic E-state index is 12.5. The summed E-state index contributed by atoms with van der Waals surface area (Å²) < 4.78 is 13.0. The topological polar surface area (TPSA) is 56.6 Å². The van der Waals surface area contributed by atoms with Crippen LogP contribution in [0.3, 0.4) is 0 Å². The third-order valence-corrected chi connectivity index (χ3v) is 3.88. The smallest absolute Gasteiger partial charge is 0.411 e. The molecule has 3 rings (SSSR count). The van der Waals surface area contributed by atoms with Gasteiger partial charge in [-0.2, -0.15) is 5.10 Å². The van der Waals surface area contributed by atoms with Crippen LogP contribution < -0.4 is 0 Å². The number of fused-ring (bicyclic) bond motifs is 2. The average Bonchev–Trinajstić information content (AvgIpc) is 2.81. The fourth-order valence-electron chi connectivity index (χ4n) is 3.00. The number of nitrogens with zero attached hydrogens (tertiary/aromatic N) is 3. The SMILES string of the molecule is Cn1cc(C2=CC3COCC(C2)N3C(=O)OC(C)(C)C)cn1. The predicted octanol–water partition coefficient (Wildman–Crippen LogP) is 2.21. The molecular formula is C16H23N3O3. The second-order valence-corrected chi connectivity index (χ2v) is 6.94. The molecule has 0 spiro atoms. The first kappa shape index (κ1) is 15.1. The lowest BCUT2D eigenvalue weighted by Gasteiger charge is -2.44. The Balaban J connectivity index is 1.84. The summed E-state index contributed by atoms with van der Waals surface area (Å²) in [5.41, 5.74) is 1.86. The van der Waals surface area contributed by atoms with Gasteiger partial charge in [0.05, 0.1) is 31.5 Å². The molecule has 2 atom stereocenters. The molecule has 0 N–H and O–H groups in total. The highest BCUT2D eigenvalue weighted by Gasteiger charge is 2.40. The fourth-order valence-corrected chi connectivity index (χ4v) is 3.00. The number of rotatable bonds is 1. The molecule has 0 saturated carbocycles. The average molecular weight is 305 g/mol. The zero-order chi connectivity index (χ0) is 15.9. The van der Waals surface area contributed by atoms with Crippen LogP contribution in [-0.2, 0) is 16.5 Å². The van der Waals surface area contributed by atoms with E-state index in [2.05, 4.69) is 11.2 Å². The number of hydrogen-bond donors (Lipinski definition) is 0. The monoisotopic (exact) mass is 305 g/mol. The van der Waals surface area contributed by atoms with Gasteiger partial charge in [-0.05, 0) is 32.8 Å². The second-order valence-electron chi connectivity index (χ2n) is 6.94. The minimum atomic E-state index is -0.487. The number of carbonyl (C=O) groups is 1. The molecular weight excluding hydrogens is 282 g/mol. The van der Waals surface area contributed by atoms with Crippen LogP contribution in [0.1, 0.15) is 32.8 Å². The van der Waals surface area contributed by atoms with Crippen LogP contribution in [-0.4, -0.2) is 51.7 Å². The Morgan fingerprint density at radius 1 is 1.41 bits per heavy atom. The fraction of sp³-hybridized carbons (Fsp3) is 0.625. The van der Waals surface area contributed by atoms with Crippen molar-refractivity contribution < 1.29 is 14.3 Å². The predicted molar refractivity (Wildman–Crippen MR) is 82.3 cm³/mol. The Kier molecular flexibility index (Phi) is 3.72. The van der Waals surface area contributed by atoms with Crippen LogP contribution in [0, 0.1) is 0 Å².